The molecule has 1 aliphatic heterocycles. The van der Waals surface area contributed by atoms with Gasteiger partial charge in [-0.15, -0.1) is 0 Å². The fourth-order valence-electron chi connectivity index (χ4n) is 3.48. The zero-order valence-corrected chi connectivity index (χ0v) is 11.7. The zero-order chi connectivity index (χ0) is 13.9. The maximum absolute atomic E-state index is 12.3. The molecule has 0 aromatic carbocycles. The smallest absolute Gasteiger partial charge is 0.311 e. The number of nitrogens with zero attached hydrogens (tertiary/aromatic N) is 1. The average Bonchev–Trinajstić information content (AvgIpc) is 2.83. The third-order valence-electron chi connectivity index (χ3n) is 4.60. The Labute approximate surface area is 113 Å². The summed E-state index contributed by atoms with van der Waals surface area (Å²) in [4.78, 5) is 1.53. The SMILES string of the molecule is CC(NC1CCN(CC(F)(F)F)CC1)C1CCCC1. The van der Waals surface area contributed by atoms with E-state index in [1.54, 1.807) is 0 Å². The summed E-state index contributed by atoms with van der Waals surface area (Å²) in [7, 11) is 0. The highest BCUT2D eigenvalue weighted by molar-refractivity contribution is 4.84. The highest BCUT2D eigenvalue weighted by atomic mass is 19.4. The van der Waals surface area contributed by atoms with Crippen molar-refractivity contribution in [3.8, 4) is 0 Å². The van der Waals surface area contributed by atoms with E-state index >= 15 is 0 Å². The molecule has 2 fully saturated rings. The summed E-state index contributed by atoms with van der Waals surface area (Å²) >= 11 is 0. The maximum Gasteiger partial charge on any atom is 0.401 e. The van der Waals surface area contributed by atoms with E-state index < -0.39 is 12.7 Å². The van der Waals surface area contributed by atoms with E-state index in [1.807, 2.05) is 0 Å². The zero-order valence-electron chi connectivity index (χ0n) is 11.7. The number of hydrogen-bond donors (Lipinski definition) is 1. The standard InChI is InChI=1S/C14H25F3N2/c1-11(12-4-2-3-5-12)18-13-6-8-19(9-7-13)10-14(15,16)17/h11-13,18H,2-10H2,1H3. The summed E-state index contributed by atoms with van der Waals surface area (Å²) in [6, 6.07) is 0.918. The van der Waals surface area contributed by atoms with Crippen molar-refractivity contribution >= 4 is 0 Å². The summed E-state index contributed by atoms with van der Waals surface area (Å²) in [5, 5.41) is 3.64. The van der Waals surface area contributed by atoms with Gasteiger partial charge in [-0.3, -0.25) is 4.90 Å². The molecule has 1 atom stereocenters. The molecular formula is C14H25F3N2. The van der Waals surface area contributed by atoms with Gasteiger partial charge in [0.2, 0.25) is 0 Å². The van der Waals surface area contributed by atoms with Crippen LogP contribution in [0.4, 0.5) is 13.2 Å². The van der Waals surface area contributed by atoms with Crippen LogP contribution in [0.5, 0.6) is 0 Å². The quantitative estimate of drug-likeness (QED) is 0.849. The van der Waals surface area contributed by atoms with Crippen molar-refractivity contribution in [2.45, 2.75) is 63.7 Å². The Bertz CT molecular complexity index is 266. The molecule has 1 unspecified atom stereocenters. The molecule has 112 valence electrons. The van der Waals surface area contributed by atoms with E-state index in [1.165, 1.54) is 30.6 Å². The van der Waals surface area contributed by atoms with Gasteiger partial charge in [0.05, 0.1) is 6.54 Å². The van der Waals surface area contributed by atoms with Crippen LogP contribution in [0.2, 0.25) is 0 Å². The number of hydrogen-bond acceptors (Lipinski definition) is 2. The lowest BCUT2D eigenvalue weighted by molar-refractivity contribution is -0.148. The van der Waals surface area contributed by atoms with Gasteiger partial charge < -0.3 is 5.32 Å². The third kappa shape index (κ3) is 4.95. The van der Waals surface area contributed by atoms with E-state index in [9.17, 15) is 13.2 Å². The van der Waals surface area contributed by atoms with Crippen molar-refractivity contribution in [3.05, 3.63) is 0 Å². The van der Waals surface area contributed by atoms with Crippen molar-refractivity contribution in [3.63, 3.8) is 0 Å². The lowest BCUT2D eigenvalue weighted by atomic mass is 9.96. The molecule has 0 aromatic rings. The lowest BCUT2D eigenvalue weighted by Gasteiger charge is -2.35. The number of nitrogens with one attached hydrogen (secondary N) is 1. The highest BCUT2D eigenvalue weighted by Crippen LogP contribution is 2.28. The van der Waals surface area contributed by atoms with Gasteiger partial charge in [-0.1, -0.05) is 12.8 Å². The van der Waals surface area contributed by atoms with Gasteiger partial charge in [0.25, 0.3) is 0 Å². The molecule has 19 heavy (non-hydrogen) atoms. The molecule has 1 saturated heterocycles. The first-order chi connectivity index (χ1) is 8.94. The average molecular weight is 278 g/mol. The Balaban J connectivity index is 1.68. The van der Waals surface area contributed by atoms with E-state index in [4.69, 9.17) is 0 Å². The predicted octanol–water partition coefficient (Wildman–Crippen LogP) is 3.18. The fourth-order valence-corrected chi connectivity index (χ4v) is 3.48. The number of rotatable bonds is 4. The van der Waals surface area contributed by atoms with Crippen molar-refractivity contribution in [2.24, 2.45) is 5.92 Å². The number of alkyl halides is 3. The number of halogens is 3. The number of likely N-dealkylation sites (tertiary alicyclic amines) is 1. The Hall–Kier alpha value is -0.290. The molecule has 0 bridgehead atoms. The largest absolute Gasteiger partial charge is 0.401 e. The molecule has 2 rings (SSSR count). The van der Waals surface area contributed by atoms with Crippen molar-refractivity contribution in [1.82, 2.24) is 10.2 Å². The van der Waals surface area contributed by atoms with Crippen LogP contribution in [0.1, 0.15) is 45.4 Å². The van der Waals surface area contributed by atoms with Crippen LogP contribution in [0.15, 0.2) is 0 Å². The third-order valence-corrected chi connectivity index (χ3v) is 4.60. The van der Waals surface area contributed by atoms with Gasteiger partial charge in [0.15, 0.2) is 0 Å². The molecule has 0 amide bonds. The first-order valence-electron chi connectivity index (χ1n) is 7.49. The molecule has 1 N–H and O–H groups in total. The normalized spacial score (nSPS) is 25.9. The topological polar surface area (TPSA) is 15.3 Å². The second-order valence-electron chi connectivity index (χ2n) is 6.17. The minimum absolute atomic E-state index is 0.403. The summed E-state index contributed by atoms with van der Waals surface area (Å²) in [5.74, 6) is 0.771. The molecule has 1 aliphatic carbocycles. The van der Waals surface area contributed by atoms with Gasteiger partial charge in [0.1, 0.15) is 0 Å². The minimum Gasteiger partial charge on any atom is -0.311 e. The second kappa shape index (κ2) is 6.44. The van der Waals surface area contributed by atoms with Crippen LogP contribution in [-0.4, -0.2) is 42.8 Å². The molecule has 0 aromatic heterocycles. The minimum atomic E-state index is -4.06. The maximum atomic E-state index is 12.3. The lowest BCUT2D eigenvalue weighted by Crippen LogP contribution is -2.48. The fraction of sp³-hybridized carbons (Fsp3) is 1.00. The van der Waals surface area contributed by atoms with E-state index in [0.717, 1.165) is 18.8 Å². The van der Waals surface area contributed by atoms with Crippen LogP contribution in [0, 0.1) is 5.92 Å². The molecular weight excluding hydrogens is 253 g/mol. The molecule has 2 aliphatic rings. The molecule has 0 spiro atoms. The monoisotopic (exact) mass is 278 g/mol. The highest BCUT2D eigenvalue weighted by Gasteiger charge is 2.33. The Morgan fingerprint density at radius 3 is 2.21 bits per heavy atom. The van der Waals surface area contributed by atoms with Gasteiger partial charge >= 0.3 is 6.18 Å². The second-order valence-corrected chi connectivity index (χ2v) is 6.17. The van der Waals surface area contributed by atoms with Crippen LogP contribution < -0.4 is 5.32 Å². The summed E-state index contributed by atoms with van der Waals surface area (Å²) in [5.41, 5.74) is 0. The first kappa shape index (κ1) is 15.1. The van der Waals surface area contributed by atoms with Crippen LogP contribution in [-0.2, 0) is 0 Å². The van der Waals surface area contributed by atoms with Crippen LogP contribution >= 0.6 is 0 Å². The first-order valence-corrected chi connectivity index (χ1v) is 7.49. The Morgan fingerprint density at radius 2 is 1.68 bits per heavy atom. The van der Waals surface area contributed by atoms with E-state index in [-0.39, 0.29) is 0 Å². The van der Waals surface area contributed by atoms with E-state index in [2.05, 4.69) is 12.2 Å². The number of piperidine rings is 1. The molecule has 1 saturated carbocycles. The van der Waals surface area contributed by atoms with Gasteiger partial charge in [-0.05, 0) is 51.6 Å². The van der Waals surface area contributed by atoms with Crippen molar-refractivity contribution in [1.29, 1.82) is 0 Å². The van der Waals surface area contributed by atoms with Crippen molar-refractivity contribution < 1.29 is 13.2 Å². The predicted molar refractivity (Wildman–Crippen MR) is 70.1 cm³/mol. The van der Waals surface area contributed by atoms with Gasteiger partial charge in [-0.2, -0.15) is 13.2 Å². The summed E-state index contributed by atoms with van der Waals surface area (Å²) in [6.45, 7) is 2.61. The van der Waals surface area contributed by atoms with Crippen LogP contribution in [0.25, 0.3) is 0 Å². The molecule has 2 nitrogen and oxygen atoms in total. The van der Waals surface area contributed by atoms with Crippen molar-refractivity contribution in [2.75, 3.05) is 19.6 Å². The van der Waals surface area contributed by atoms with Gasteiger partial charge in [0, 0.05) is 12.1 Å². The summed E-state index contributed by atoms with van der Waals surface area (Å²) in [6.07, 6.45) is 2.90. The van der Waals surface area contributed by atoms with Gasteiger partial charge in [-0.25, -0.2) is 0 Å². The summed E-state index contributed by atoms with van der Waals surface area (Å²) < 4.78 is 36.9. The Morgan fingerprint density at radius 1 is 1.11 bits per heavy atom. The van der Waals surface area contributed by atoms with Crippen LogP contribution in [0.3, 0.4) is 0 Å². The molecule has 1 heterocycles. The molecule has 5 heteroatoms. The Kier molecular flexibility index (Phi) is 5.12. The molecule has 0 radical (unpaired) electrons. The van der Waals surface area contributed by atoms with E-state index in [0.29, 0.717) is 25.2 Å².